The van der Waals surface area contributed by atoms with Crippen LogP contribution in [0.25, 0.3) is 0 Å². The molecule has 0 bridgehead atoms. The van der Waals surface area contributed by atoms with Crippen molar-refractivity contribution in [2.24, 2.45) is 5.92 Å². The lowest BCUT2D eigenvalue weighted by molar-refractivity contribution is 0.556. The van der Waals surface area contributed by atoms with Crippen LogP contribution >= 0.6 is 11.3 Å². The van der Waals surface area contributed by atoms with Crippen LogP contribution in [-0.4, -0.2) is 13.1 Å². The maximum Gasteiger partial charge on any atom is -0.00142 e. The summed E-state index contributed by atoms with van der Waals surface area (Å²) in [4.78, 5) is 0. The second-order valence-electron chi connectivity index (χ2n) is 4.19. The highest BCUT2D eigenvalue weighted by atomic mass is 32.1. The molecule has 0 amide bonds. The lowest BCUT2D eigenvalue weighted by Crippen LogP contribution is -2.20. The number of nitrogens with one attached hydrogen (secondary N) is 1. The molecule has 0 fully saturated rings. The highest BCUT2D eigenvalue weighted by Gasteiger charge is 1.91. The van der Waals surface area contributed by atoms with Crippen LogP contribution in [0.3, 0.4) is 0 Å². The molecule has 0 atom stereocenters. The molecule has 1 aromatic rings. The zero-order valence-corrected chi connectivity index (χ0v) is 10.5. The van der Waals surface area contributed by atoms with Gasteiger partial charge in [-0.3, -0.25) is 0 Å². The van der Waals surface area contributed by atoms with E-state index >= 15 is 0 Å². The van der Waals surface area contributed by atoms with Crippen molar-refractivity contribution in [2.75, 3.05) is 13.1 Å². The van der Waals surface area contributed by atoms with Crippen molar-refractivity contribution in [1.29, 1.82) is 0 Å². The Hall–Kier alpha value is -0.600. The molecule has 2 heteroatoms. The van der Waals surface area contributed by atoms with Gasteiger partial charge in [-0.1, -0.05) is 26.0 Å². The van der Waals surface area contributed by atoms with Gasteiger partial charge in [0.25, 0.3) is 0 Å². The normalized spacial score (nSPS) is 11.7. The summed E-state index contributed by atoms with van der Waals surface area (Å²) in [6, 6.07) is 2.19. The third-order valence-electron chi connectivity index (χ3n) is 2.14. The molecule has 0 aromatic carbocycles. The van der Waals surface area contributed by atoms with E-state index in [-0.39, 0.29) is 0 Å². The van der Waals surface area contributed by atoms with Crippen molar-refractivity contribution in [2.45, 2.75) is 26.7 Å². The quantitative estimate of drug-likeness (QED) is 0.551. The Morgan fingerprint density at radius 1 is 1.40 bits per heavy atom. The summed E-state index contributed by atoms with van der Waals surface area (Å²) in [5.74, 6) is 0.750. The van der Waals surface area contributed by atoms with Gasteiger partial charge in [-0.15, -0.1) is 0 Å². The molecule has 1 nitrogen and oxygen atoms in total. The van der Waals surface area contributed by atoms with Crippen LogP contribution in [0.2, 0.25) is 0 Å². The Labute approximate surface area is 97.2 Å². The fourth-order valence-corrected chi connectivity index (χ4v) is 2.00. The zero-order chi connectivity index (χ0) is 10.9. The summed E-state index contributed by atoms with van der Waals surface area (Å²) in [5, 5.41) is 7.77. The highest BCUT2D eigenvalue weighted by Crippen LogP contribution is 2.06. The highest BCUT2D eigenvalue weighted by molar-refractivity contribution is 7.07. The van der Waals surface area contributed by atoms with E-state index in [9.17, 15) is 0 Å². The smallest absolute Gasteiger partial charge is 0.00142 e. The summed E-state index contributed by atoms with van der Waals surface area (Å²) in [6.45, 7) is 6.69. The molecule has 0 spiro atoms. The minimum absolute atomic E-state index is 0.750. The monoisotopic (exact) mass is 223 g/mol. The van der Waals surface area contributed by atoms with E-state index in [1.807, 2.05) is 0 Å². The number of thiophene rings is 1. The van der Waals surface area contributed by atoms with E-state index in [1.165, 1.54) is 5.56 Å². The number of hydrogen-bond acceptors (Lipinski definition) is 2. The van der Waals surface area contributed by atoms with E-state index in [0.717, 1.165) is 31.8 Å². The Kier molecular flexibility index (Phi) is 6.37. The molecule has 1 rings (SSSR count). The Morgan fingerprint density at radius 2 is 2.27 bits per heavy atom. The van der Waals surface area contributed by atoms with Gasteiger partial charge in [0, 0.05) is 0 Å². The van der Waals surface area contributed by atoms with Gasteiger partial charge in [0.15, 0.2) is 0 Å². The predicted octanol–water partition coefficient (Wildman–Crippen LogP) is 3.48. The van der Waals surface area contributed by atoms with Crippen LogP contribution < -0.4 is 5.32 Å². The maximum atomic E-state index is 3.43. The van der Waals surface area contributed by atoms with Gasteiger partial charge >= 0.3 is 0 Å². The van der Waals surface area contributed by atoms with E-state index in [2.05, 4.69) is 48.1 Å². The molecule has 0 unspecified atom stereocenters. The topological polar surface area (TPSA) is 12.0 Å². The summed E-state index contributed by atoms with van der Waals surface area (Å²) in [7, 11) is 0. The molecule has 1 N–H and O–H groups in total. The van der Waals surface area contributed by atoms with E-state index in [4.69, 9.17) is 0 Å². The third kappa shape index (κ3) is 6.47. The third-order valence-corrected chi connectivity index (χ3v) is 2.87. The Morgan fingerprint density at radius 3 is 2.93 bits per heavy atom. The van der Waals surface area contributed by atoms with Gasteiger partial charge in [-0.05, 0) is 54.2 Å². The predicted molar refractivity (Wildman–Crippen MR) is 69.5 cm³/mol. The van der Waals surface area contributed by atoms with Gasteiger partial charge < -0.3 is 5.32 Å². The molecule has 0 aliphatic heterocycles. The SMILES string of the molecule is CC(C)CNCCC=CCc1ccsc1. The lowest BCUT2D eigenvalue weighted by Gasteiger charge is -2.04. The van der Waals surface area contributed by atoms with Crippen LogP contribution in [0.4, 0.5) is 0 Å². The first kappa shape index (κ1) is 12.5. The second-order valence-corrected chi connectivity index (χ2v) is 4.97. The van der Waals surface area contributed by atoms with Crippen LogP contribution in [0, 0.1) is 5.92 Å². The number of rotatable bonds is 7. The van der Waals surface area contributed by atoms with Crippen molar-refractivity contribution in [1.82, 2.24) is 5.32 Å². The summed E-state index contributed by atoms with van der Waals surface area (Å²) >= 11 is 1.77. The van der Waals surface area contributed by atoms with E-state index in [1.54, 1.807) is 11.3 Å². The van der Waals surface area contributed by atoms with Gasteiger partial charge in [0.2, 0.25) is 0 Å². The van der Waals surface area contributed by atoms with E-state index < -0.39 is 0 Å². The minimum atomic E-state index is 0.750. The summed E-state index contributed by atoms with van der Waals surface area (Å²) in [6.07, 6.45) is 6.74. The number of hydrogen-bond donors (Lipinski definition) is 1. The van der Waals surface area contributed by atoms with Crippen LogP contribution in [0.5, 0.6) is 0 Å². The Balaban J connectivity index is 1.98. The van der Waals surface area contributed by atoms with Gasteiger partial charge in [0.05, 0.1) is 0 Å². The second kappa shape index (κ2) is 7.66. The first-order chi connectivity index (χ1) is 7.29. The molecule has 0 saturated carbocycles. The van der Waals surface area contributed by atoms with Crippen molar-refractivity contribution in [3.63, 3.8) is 0 Å². The molecule has 1 aromatic heterocycles. The molecule has 15 heavy (non-hydrogen) atoms. The lowest BCUT2D eigenvalue weighted by atomic mass is 10.2. The summed E-state index contributed by atoms with van der Waals surface area (Å²) in [5.41, 5.74) is 1.42. The van der Waals surface area contributed by atoms with Gasteiger partial charge in [0.1, 0.15) is 0 Å². The average molecular weight is 223 g/mol. The molecule has 0 saturated heterocycles. The van der Waals surface area contributed by atoms with Gasteiger partial charge in [-0.2, -0.15) is 11.3 Å². The minimum Gasteiger partial charge on any atom is -0.316 e. The maximum absolute atomic E-state index is 3.43. The fraction of sp³-hybridized carbons (Fsp3) is 0.538. The van der Waals surface area contributed by atoms with Crippen molar-refractivity contribution in [3.05, 3.63) is 34.5 Å². The van der Waals surface area contributed by atoms with Crippen LogP contribution in [-0.2, 0) is 6.42 Å². The van der Waals surface area contributed by atoms with Crippen molar-refractivity contribution < 1.29 is 0 Å². The molecular formula is C13H21NS. The largest absolute Gasteiger partial charge is 0.316 e. The Bertz CT molecular complexity index is 262. The molecule has 84 valence electrons. The van der Waals surface area contributed by atoms with Crippen molar-refractivity contribution >= 4 is 11.3 Å². The van der Waals surface area contributed by atoms with Gasteiger partial charge in [-0.25, -0.2) is 0 Å². The molecular weight excluding hydrogens is 202 g/mol. The van der Waals surface area contributed by atoms with E-state index in [0.29, 0.717) is 0 Å². The van der Waals surface area contributed by atoms with Crippen LogP contribution in [0.1, 0.15) is 25.8 Å². The average Bonchev–Trinajstić information content (AvgIpc) is 2.68. The standard InChI is InChI=1S/C13H21NS/c1-12(2)10-14-8-5-3-4-6-13-7-9-15-11-13/h3-4,7,9,11-12,14H,5-6,8,10H2,1-2H3. The molecule has 1 heterocycles. The first-order valence-corrected chi connectivity index (χ1v) is 6.60. The van der Waals surface area contributed by atoms with Crippen molar-refractivity contribution in [3.8, 4) is 0 Å². The molecule has 0 radical (unpaired) electrons. The molecule has 0 aliphatic carbocycles. The summed E-state index contributed by atoms with van der Waals surface area (Å²) < 4.78 is 0. The first-order valence-electron chi connectivity index (χ1n) is 5.66. The number of allylic oxidation sites excluding steroid dienone is 1. The molecule has 0 aliphatic rings. The zero-order valence-electron chi connectivity index (χ0n) is 9.70. The van der Waals surface area contributed by atoms with Crippen LogP contribution in [0.15, 0.2) is 29.0 Å². The fourth-order valence-electron chi connectivity index (χ4n) is 1.32.